The second-order valence-corrected chi connectivity index (χ2v) is 7.45. The monoisotopic (exact) mass is 451 g/mol. The summed E-state index contributed by atoms with van der Waals surface area (Å²) in [7, 11) is 0. The van der Waals surface area contributed by atoms with Crippen molar-refractivity contribution in [1.82, 2.24) is 5.43 Å². The zero-order valence-electron chi connectivity index (χ0n) is 18.3. The number of aryl methyl sites for hydroxylation is 1. The number of benzene rings is 4. The number of nitrogens with one attached hydrogen (secondary N) is 2. The molecule has 0 saturated heterocycles. The molecule has 0 fully saturated rings. The second-order valence-electron chi connectivity index (χ2n) is 7.45. The summed E-state index contributed by atoms with van der Waals surface area (Å²) >= 11 is 0. The maximum atomic E-state index is 12.6. The molecule has 0 saturated carbocycles. The third kappa shape index (κ3) is 5.34. The highest BCUT2D eigenvalue weighted by Crippen LogP contribution is 2.21. The minimum atomic E-state index is -0.889. The molecule has 2 N–H and O–H groups in total. The molecule has 0 radical (unpaired) electrons. The molecule has 7 nitrogen and oxygen atoms in total. The summed E-state index contributed by atoms with van der Waals surface area (Å²) < 4.78 is 5.50. The van der Waals surface area contributed by atoms with Gasteiger partial charge in [-0.25, -0.2) is 10.2 Å². The number of amides is 2. The summed E-state index contributed by atoms with van der Waals surface area (Å²) in [4.78, 5) is 36.6. The first kappa shape index (κ1) is 22.4. The van der Waals surface area contributed by atoms with Gasteiger partial charge in [-0.3, -0.25) is 9.59 Å². The van der Waals surface area contributed by atoms with Gasteiger partial charge in [0, 0.05) is 5.69 Å². The van der Waals surface area contributed by atoms with E-state index in [1.807, 2.05) is 55.5 Å². The van der Waals surface area contributed by atoms with E-state index in [2.05, 4.69) is 15.8 Å². The van der Waals surface area contributed by atoms with Gasteiger partial charge in [-0.2, -0.15) is 5.10 Å². The van der Waals surface area contributed by atoms with E-state index in [9.17, 15) is 14.4 Å². The molecule has 34 heavy (non-hydrogen) atoms. The fourth-order valence-electron chi connectivity index (χ4n) is 3.30. The first-order valence-corrected chi connectivity index (χ1v) is 10.5. The number of carbonyl (C=O) groups excluding carboxylic acids is 3. The third-order valence-corrected chi connectivity index (χ3v) is 5.08. The van der Waals surface area contributed by atoms with Gasteiger partial charge < -0.3 is 10.1 Å². The Morgan fingerprint density at radius 1 is 0.794 bits per heavy atom. The van der Waals surface area contributed by atoms with E-state index >= 15 is 0 Å². The van der Waals surface area contributed by atoms with E-state index in [1.165, 1.54) is 6.21 Å². The van der Waals surface area contributed by atoms with Crippen molar-refractivity contribution in [2.45, 2.75) is 6.92 Å². The van der Waals surface area contributed by atoms with Gasteiger partial charge in [-0.05, 0) is 65.2 Å². The minimum absolute atomic E-state index is 0.372. The summed E-state index contributed by atoms with van der Waals surface area (Å²) in [6, 6.07) is 26.8. The van der Waals surface area contributed by atoms with Crippen molar-refractivity contribution in [2.24, 2.45) is 5.10 Å². The van der Waals surface area contributed by atoms with Crippen LogP contribution in [0, 0.1) is 6.92 Å². The summed E-state index contributed by atoms with van der Waals surface area (Å²) in [5.74, 6) is -1.79. The average Bonchev–Trinajstić information content (AvgIpc) is 2.86. The van der Waals surface area contributed by atoms with Crippen LogP contribution >= 0.6 is 0 Å². The van der Waals surface area contributed by atoms with E-state index in [0.29, 0.717) is 22.6 Å². The number of hydrazone groups is 1. The second kappa shape index (κ2) is 10.2. The van der Waals surface area contributed by atoms with Crippen LogP contribution in [0.4, 0.5) is 5.69 Å². The number of ether oxygens (including phenoxy) is 1. The van der Waals surface area contributed by atoms with Gasteiger partial charge in [0.1, 0.15) is 5.75 Å². The molecule has 4 aromatic rings. The van der Waals surface area contributed by atoms with Gasteiger partial charge in [-0.15, -0.1) is 0 Å². The van der Waals surface area contributed by atoms with Crippen molar-refractivity contribution in [2.75, 3.05) is 5.32 Å². The van der Waals surface area contributed by atoms with Crippen LogP contribution in [-0.2, 0) is 9.59 Å². The predicted octanol–water partition coefficient (Wildman–Crippen LogP) is 4.46. The van der Waals surface area contributed by atoms with E-state index in [-0.39, 0.29) is 0 Å². The highest BCUT2D eigenvalue weighted by molar-refractivity contribution is 6.39. The lowest BCUT2D eigenvalue weighted by Crippen LogP contribution is -2.32. The molecule has 0 heterocycles. The Balaban J connectivity index is 1.33. The Morgan fingerprint density at radius 3 is 2.29 bits per heavy atom. The molecule has 4 rings (SSSR count). The van der Waals surface area contributed by atoms with Gasteiger partial charge >= 0.3 is 17.8 Å². The normalized spacial score (nSPS) is 10.7. The SMILES string of the molecule is Cc1ccccc1NC(=O)C(=O)N/N=C/c1ccc(OC(=O)c2cccc3ccccc23)cc1. The smallest absolute Gasteiger partial charge is 0.344 e. The van der Waals surface area contributed by atoms with Crippen molar-refractivity contribution in [1.29, 1.82) is 0 Å². The molecule has 2 amide bonds. The molecule has 0 spiro atoms. The Labute approximate surface area is 196 Å². The third-order valence-electron chi connectivity index (χ3n) is 5.08. The van der Waals surface area contributed by atoms with E-state index in [0.717, 1.165) is 16.3 Å². The molecule has 7 heteroatoms. The van der Waals surface area contributed by atoms with Crippen LogP contribution in [0.5, 0.6) is 5.75 Å². The first-order chi connectivity index (χ1) is 16.5. The van der Waals surface area contributed by atoms with Crippen LogP contribution in [-0.4, -0.2) is 24.0 Å². The fourth-order valence-corrected chi connectivity index (χ4v) is 3.30. The average molecular weight is 451 g/mol. The Kier molecular flexibility index (Phi) is 6.74. The van der Waals surface area contributed by atoms with Gasteiger partial charge in [0.25, 0.3) is 0 Å². The Hall–Kier alpha value is -4.78. The van der Waals surface area contributed by atoms with Crippen LogP contribution in [0.3, 0.4) is 0 Å². The van der Waals surface area contributed by atoms with Crippen LogP contribution in [0.25, 0.3) is 10.8 Å². The van der Waals surface area contributed by atoms with Gasteiger partial charge in [0.15, 0.2) is 0 Å². The fraction of sp³-hybridized carbons (Fsp3) is 0.0370. The predicted molar refractivity (Wildman–Crippen MR) is 131 cm³/mol. The molecule has 0 unspecified atom stereocenters. The van der Waals surface area contributed by atoms with Crippen molar-refractivity contribution in [3.8, 4) is 5.75 Å². The maximum Gasteiger partial charge on any atom is 0.344 e. The maximum absolute atomic E-state index is 12.6. The number of esters is 1. The number of fused-ring (bicyclic) bond motifs is 1. The van der Waals surface area contributed by atoms with Crippen molar-refractivity contribution >= 4 is 40.5 Å². The quantitative estimate of drug-likeness (QED) is 0.154. The zero-order valence-corrected chi connectivity index (χ0v) is 18.3. The topological polar surface area (TPSA) is 96.9 Å². The number of hydrogen-bond acceptors (Lipinski definition) is 5. The number of hydrogen-bond donors (Lipinski definition) is 2. The molecular formula is C27H21N3O4. The largest absolute Gasteiger partial charge is 0.423 e. The molecule has 168 valence electrons. The molecule has 0 aromatic heterocycles. The highest BCUT2D eigenvalue weighted by atomic mass is 16.5. The Bertz CT molecular complexity index is 1390. The zero-order chi connectivity index (χ0) is 23.9. The van der Waals surface area contributed by atoms with Crippen LogP contribution in [0.2, 0.25) is 0 Å². The molecular weight excluding hydrogens is 430 g/mol. The number of anilines is 1. The molecule has 0 bridgehead atoms. The summed E-state index contributed by atoms with van der Waals surface area (Å²) in [6.45, 7) is 1.83. The minimum Gasteiger partial charge on any atom is -0.423 e. The lowest BCUT2D eigenvalue weighted by Gasteiger charge is -2.07. The standard InChI is InChI=1S/C27H21N3O4/c1-18-7-2-5-12-24(18)29-25(31)26(32)30-28-17-19-13-15-21(16-14-19)34-27(33)23-11-6-9-20-8-3-4-10-22(20)23/h2-17H,1H3,(H,29,31)(H,30,32)/b28-17+. The summed E-state index contributed by atoms with van der Waals surface area (Å²) in [5.41, 5.74) is 4.71. The van der Waals surface area contributed by atoms with Crippen molar-refractivity contribution in [3.05, 3.63) is 108 Å². The summed E-state index contributed by atoms with van der Waals surface area (Å²) in [6.07, 6.45) is 1.38. The van der Waals surface area contributed by atoms with Crippen LogP contribution in [0.15, 0.2) is 96.1 Å². The van der Waals surface area contributed by atoms with Gasteiger partial charge in [0.05, 0.1) is 11.8 Å². The lowest BCUT2D eigenvalue weighted by atomic mass is 10.0. The molecule has 0 aliphatic rings. The first-order valence-electron chi connectivity index (χ1n) is 10.5. The number of para-hydroxylation sites is 1. The van der Waals surface area contributed by atoms with Crippen molar-refractivity contribution in [3.63, 3.8) is 0 Å². The van der Waals surface area contributed by atoms with Crippen LogP contribution < -0.4 is 15.5 Å². The number of carbonyl (C=O) groups is 3. The molecule has 4 aromatic carbocycles. The van der Waals surface area contributed by atoms with E-state index < -0.39 is 17.8 Å². The van der Waals surface area contributed by atoms with Gasteiger partial charge in [-0.1, -0.05) is 54.6 Å². The van der Waals surface area contributed by atoms with Crippen LogP contribution in [0.1, 0.15) is 21.5 Å². The lowest BCUT2D eigenvalue weighted by molar-refractivity contribution is -0.136. The van der Waals surface area contributed by atoms with E-state index in [4.69, 9.17) is 4.74 Å². The molecule has 0 aliphatic heterocycles. The molecule has 0 atom stereocenters. The number of rotatable bonds is 5. The Morgan fingerprint density at radius 2 is 1.50 bits per heavy atom. The van der Waals surface area contributed by atoms with Gasteiger partial charge in [0.2, 0.25) is 0 Å². The van der Waals surface area contributed by atoms with Crippen molar-refractivity contribution < 1.29 is 19.1 Å². The van der Waals surface area contributed by atoms with E-state index in [1.54, 1.807) is 42.5 Å². The molecule has 0 aliphatic carbocycles. The highest BCUT2D eigenvalue weighted by Gasteiger charge is 2.14. The summed E-state index contributed by atoms with van der Waals surface area (Å²) in [5, 5.41) is 8.12. The number of nitrogens with zero attached hydrogens (tertiary/aromatic N) is 1.